The number of rotatable bonds is 2. The van der Waals surface area contributed by atoms with Gasteiger partial charge in [-0.25, -0.2) is 13.2 Å². The molecule has 1 saturated heterocycles. The van der Waals surface area contributed by atoms with Gasteiger partial charge in [-0.1, -0.05) is 16.5 Å². The number of sulfonamides is 1. The highest BCUT2D eigenvalue weighted by molar-refractivity contribution is 7.90. The van der Waals surface area contributed by atoms with Crippen LogP contribution in [0.3, 0.4) is 0 Å². The van der Waals surface area contributed by atoms with Crippen LogP contribution in [0.2, 0.25) is 0 Å². The molecule has 0 radical (unpaired) electrons. The first-order chi connectivity index (χ1) is 6.13. The first-order valence-corrected chi connectivity index (χ1v) is 5.30. The molecule has 70 valence electrons. The number of fused-ring (bicyclic) bond motifs is 2. The zero-order valence-electron chi connectivity index (χ0n) is 6.58. The Morgan fingerprint density at radius 1 is 1.46 bits per heavy atom. The minimum Gasteiger partial charge on any atom is -0.365 e. The van der Waals surface area contributed by atoms with Gasteiger partial charge in [0, 0.05) is 0 Å². The molecule has 2 aliphatic heterocycles. The van der Waals surface area contributed by atoms with Crippen LogP contribution in [-0.2, 0) is 19.6 Å². The third-order valence-corrected chi connectivity index (χ3v) is 3.78. The minimum atomic E-state index is -3.72. The summed E-state index contributed by atoms with van der Waals surface area (Å²) in [6.45, 7) is 0. The van der Waals surface area contributed by atoms with Gasteiger partial charge >= 0.3 is 0 Å². The van der Waals surface area contributed by atoms with Crippen LogP contribution in [0.1, 0.15) is 6.42 Å². The van der Waals surface area contributed by atoms with Crippen molar-refractivity contribution in [3.63, 3.8) is 0 Å². The van der Waals surface area contributed by atoms with Crippen molar-refractivity contribution < 1.29 is 17.9 Å². The van der Waals surface area contributed by atoms with E-state index in [1.165, 1.54) is 0 Å². The molecular weight excluding hydrogens is 194 g/mol. The first kappa shape index (κ1) is 8.62. The second-order valence-electron chi connectivity index (χ2n) is 3.00. The van der Waals surface area contributed by atoms with E-state index in [2.05, 4.69) is 4.40 Å². The molecular formula is C7H7NO4S. The van der Waals surface area contributed by atoms with Gasteiger partial charge in [0.15, 0.2) is 0 Å². The Morgan fingerprint density at radius 3 is 2.69 bits per heavy atom. The van der Waals surface area contributed by atoms with E-state index in [1.54, 1.807) is 6.08 Å². The molecule has 0 saturated carbocycles. The lowest BCUT2D eigenvalue weighted by Gasteiger charge is -2.10. The normalized spacial score (nSPS) is 36.2. The van der Waals surface area contributed by atoms with Crippen molar-refractivity contribution >= 4 is 16.1 Å². The molecule has 0 aromatic heterocycles. The topological polar surface area (TPSA) is 72.8 Å². The lowest BCUT2D eigenvalue weighted by atomic mass is 10.1. The molecule has 0 spiro atoms. The van der Waals surface area contributed by atoms with E-state index in [-0.39, 0.29) is 6.10 Å². The summed E-state index contributed by atoms with van der Waals surface area (Å²) >= 11 is 0. The molecule has 3 unspecified atom stereocenters. The highest BCUT2D eigenvalue weighted by Crippen LogP contribution is 2.33. The van der Waals surface area contributed by atoms with E-state index in [1.807, 2.05) is 6.08 Å². The van der Waals surface area contributed by atoms with Gasteiger partial charge in [0.25, 0.3) is 16.1 Å². The number of nitrogens with zero attached hydrogens (tertiary/aromatic N) is 1. The van der Waals surface area contributed by atoms with Gasteiger partial charge in [-0.05, 0) is 6.42 Å². The first-order valence-electron chi connectivity index (χ1n) is 3.80. The molecule has 0 aliphatic carbocycles. The van der Waals surface area contributed by atoms with Gasteiger partial charge in [-0.15, -0.1) is 0 Å². The second kappa shape index (κ2) is 2.77. The predicted molar refractivity (Wildman–Crippen MR) is 43.2 cm³/mol. The molecule has 0 aromatic carbocycles. The van der Waals surface area contributed by atoms with Gasteiger partial charge in [0.2, 0.25) is 0 Å². The second-order valence-corrected chi connectivity index (χ2v) is 4.81. The standard InChI is InChI=1S/C7H7NO4S/c9-4-8-13(10,11)7-3-5-1-2-6(7)12-5/h1-2,5-7H,3H2. The Morgan fingerprint density at radius 2 is 2.23 bits per heavy atom. The van der Waals surface area contributed by atoms with Gasteiger partial charge in [-0.3, -0.25) is 0 Å². The lowest BCUT2D eigenvalue weighted by Crippen LogP contribution is -2.27. The fraction of sp³-hybridized carbons (Fsp3) is 0.571. The largest absolute Gasteiger partial charge is 0.365 e. The van der Waals surface area contributed by atoms with E-state index in [0.717, 1.165) is 6.08 Å². The van der Waals surface area contributed by atoms with Crippen LogP contribution in [0.5, 0.6) is 0 Å². The SMILES string of the molecule is O=C=NS(=O)(=O)C1CC2C=CC1O2. The van der Waals surface area contributed by atoms with E-state index in [9.17, 15) is 13.2 Å². The van der Waals surface area contributed by atoms with Crippen LogP contribution in [0.25, 0.3) is 0 Å². The Kier molecular flexibility index (Phi) is 1.83. The van der Waals surface area contributed by atoms with Crippen LogP contribution >= 0.6 is 0 Å². The average molecular weight is 201 g/mol. The van der Waals surface area contributed by atoms with E-state index in [0.29, 0.717) is 6.42 Å². The quantitative estimate of drug-likeness (QED) is 0.351. The van der Waals surface area contributed by atoms with Crippen molar-refractivity contribution in [3.05, 3.63) is 12.2 Å². The van der Waals surface area contributed by atoms with Crippen molar-refractivity contribution in [2.45, 2.75) is 23.9 Å². The minimum absolute atomic E-state index is 0.133. The maximum atomic E-state index is 11.3. The number of ether oxygens (including phenoxy) is 1. The van der Waals surface area contributed by atoms with E-state index >= 15 is 0 Å². The molecule has 0 aromatic rings. The Labute approximate surface area is 75.2 Å². The number of hydrogen-bond acceptors (Lipinski definition) is 4. The molecule has 2 heterocycles. The van der Waals surface area contributed by atoms with Crippen molar-refractivity contribution in [2.24, 2.45) is 4.40 Å². The lowest BCUT2D eigenvalue weighted by molar-refractivity contribution is 0.121. The summed E-state index contributed by atoms with van der Waals surface area (Å²) in [5.41, 5.74) is 0. The van der Waals surface area contributed by atoms with Crippen LogP contribution in [0.4, 0.5) is 0 Å². The molecule has 0 amide bonds. The van der Waals surface area contributed by atoms with Crippen LogP contribution in [0.15, 0.2) is 16.5 Å². The van der Waals surface area contributed by atoms with Crippen LogP contribution < -0.4 is 0 Å². The predicted octanol–water partition coefficient (Wildman–Crippen LogP) is -0.252. The van der Waals surface area contributed by atoms with Gasteiger partial charge in [0.1, 0.15) is 5.25 Å². The fourth-order valence-electron chi connectivity index (χ4n) is 1.65. The molecule has 6 heteroatoms. The summed E-state index contributed by atoms with van der Waals surface area (Å²) in [5.74, 6) is 0. The summed E-state index contributed by atoms with van der Waals surface area (Å²) in [6, 6.07) is 0. The molecule has 2 bridgehead atoms. The Bertz CT molecular complexity index is 393. The summed E-state index contributed by atoms with van der Waals surface area (Å²) in [6.07, 6.45) is 4.38. The Balaban J connectivity index is 2.29. The van der Waals surface area contributed by atoms with Gasteiger partial charge in [-0.2, -0.15) is 0 Å². The zero-order valence-corrected chi connectivity index (χ0v) is 7.40. The third-order valence-electron chi connectivity index (χ3n) is 2.23. The molecule has 0 N–H and O–H groups in total. The molecule has 2 rings (SSSR count). The summed E-state index contributed by atoms with van der Waals surface area (Å²) < 4.78 is 30.6. The molecule has 5 nitrogen and oxygen atoms in total. The van der Waals surface area contributed by atoms with Crippen LogP contribution in [-0.4, -0.2) is 32.0 Å². The number of carbonyl (C=O) groups excluding carboxylic acids is 1. The number of hydrogen-bond donors (Lipinski definition) is 0. The Hall–Kier alpha value is -0.970. The maximum absolute atomic E-state index is 11.3. The fourth-order valence-corrected chi connectivity index (χ4v) is 2.81. The molecule has 3 atom stereocenters. The molecule has 13 heavy (non-hydrogen) atoms. The van der Waals surface area contributed by atoms with Crippen molar-refractivity contribution in [3.8, 4) is 0 Å². The summed E-state index contributed by atoms with van der Waals surface area (Å²) in [5, 5.41) is -0.705. The van der Waals surface area contributed by atoms with E-state index < -0.39 is 21.4 Å². The van der Waals surface area contributed by atoms with Gasteiger partial charge in [0.05, 0.1) is 12.2 Å². The zero-order chi connectivity index (χ0) is 9.47. The maximum Gasteiger partial charge on any atom is 0.269 e. The van der Waals surface area contributed by atoms with E-state index in [4.69, 9.17) is 4.74 Å². The van der Waals surface area contributed by atoms with Gasteiger partial charge < -0.3 is 4.74 Å². The molecule has 2 aliphatic rings. The molecule has 1 fully saturated rings. The van der Waals surface area contributed by atoms with Crippen molar-refractivity contribution in [2.75, 3.05) is 0 Å². The smallest absolute Gasteiger partial charge is 0.269 e. The van der Waals surface area contributed by atoms with Crippen molar-refractivity contribution in [1.29, 1.82) is 0 Å². The summed E-state index contributed by atoms with van der Waals surface area (Å²) in [4.78, 5) is 9.85. The summed E-state index contributed by atoms with van der Waals surface area (Å²) in [7, 11) is -3.72. The van der Waals surface area contributed by atoms with Crippen LogP contribution in [0, 0.1) is 0 Å². The monoisotopic (exact) mass is 201 g/mol. The average Bonchev–Trinajstić information content (AvgIpc) is 2.63. The van der Waals surface area contributed by atoms with Crippen molar-refractivity contribution in [1.82, 2.24) is 0 Å². The third kappa shape index (κ3) is 1.33. The highest BCUT2D eigenvalue weighted by Gasteiger charge is 2.44. The number of isocyanates is 1. The highest BCUT2D eigenvalue weighted by atomic mass is 32.2.